The Morgan fingerprint density at radius 3 is 2.48 bits per heavy atom. The topological polar surface area (TPSA) is 90.2 Å². The van der Waals surface area contributed by atoms with Gasteiger partial charge in [-0.25, -0.2) is 0 Å². The van der Waals surface area contributed by atoms with Crippen LogP contribution in [0.4, 0.5) is 0 Å². The molecular weight excluding hydrogens is 320 g/mol. The molecule has 0 unspecified atom stereocenters. The summed E-state index contributed by atoms with van der Waals surface area (Å²) in [6.45, 7) is 8.64. The zero-order chi connectivity index (χ0) is 18.1. The number of aliphatic hydroxyl groups is 4. The molecule has 0 aromatic carbocycles. The van der Waals surface area contributed by atoms with Crippen LogP contribution in [-0.2, 0) is 4.74 Å². The third kappa shape index (κ3) is 2.19. The van der Waals surface area contributed by atoms with E-state index in [4.69, 9.17) is 4.74 Å². The Morgan fingerprint density at radius 2 is 1.84 bits per heavy atom. The van der Waals surface area contributed by atoms with Crippen LogP contribution in [-0.4, -0.2) is 58.1 Å². The summed E-state index contributed by atoms with van der Waals surface area (Å²) < 4.78 is 6.14. The fourth-order valence-corrected chi connectivity index (χ4v) is 7.08. The average molecular weight is 352 g/mol. The zero-order valence-corrected chi connectivity index (χ0v) is 15.3. The van der Waals surface area contributed by atoms with Gasteiger partial charge in [-0.15, -0.1) is 0 Å². The van der Waals surface area contributed by atoms with Crippen molar-refractivity contribution in [2.75, 3.05) is 13.2 Å². The van der Waals surface area contributed by atoms with Crippen LogP contribution >= 0.6 is 0 Å². The van der Waals surface area contributed by atoms with E-state index in [1.165, 1.54) is 0 Å². The summed E-state index contributed by atoms with van der Waals surface area (Å²) in [7, 11) is 0. The molecule has 25 heavy (non-hydrogen) atoms. The molecule has 2 saturated heterocycles. The van der Waals surface area contributed by atoms with Crippen molar-refractivity contribution in [1.82, 2.24) is 0 Å². The number of hydrogen-bond acceptors (Lipinski definition) is 5. The molecule has 2 aliphatic heterocycles. The van der Waals surface area contributed by atoms with E-state index in [1.807, 2.05) is 0 Å². The third-order valence-corrected chi connectivity index (χ3v) is 8.30. The Bertz CT molecular complexity index is 560. The molecule has 0 radical (unpaired) electrons. The summed E-state index contributed by atoms with van der Waals surface area (Å²) in [6, 6.07) is 0. The lowest BCUT2D eigenvalue weighted by atomic mass is 9.39. The monoisotopic (exact) mass is 352 g/mol. The van der Waals surface area contributed by atoms with Gasteiger partial charge in [0.15, 0.2) is 0 Å². The molecule has 2 heterocycles. The summed E-state index contributed by atoms with van der Waals surface area (Å²) in [5.74, 6) is 0.0644. The predicted octanol–water partition coefficient (Wildman–Crippen LogP) is 1.09. The summed E-state index contributed by atoms with van der Waals surface area (Å²) in [5.41, 5.74) is 0.0609. The number of rotatable bonds is 2. The van der Waals surface area contributed by atoms with Gasteiger partial charge < -0.3 is 25.2 Å². The second-order valence-corrected chi connectivity index (χ2v) is 9.54. The van der Waals surface area contributed by atoms with Crippen LogP contribution < -0.4 is 0 Å². The highest BCUT2D eigenvalue weighted by molar-refractivity contribution is 5.20. The minimum Gasteiger partial charge on any atom is -0.392 e. The second kappa shape index (κ2) is 5.77. The van der Waals surface area contributed by atoms with Gasteiger partial charge in [-0.05, 0) is 48.0 Å². The highest BCUT2D eigenvalue weighted by Crippen LogP contribution is 2.67. The van der Waals surface area contributed by atoms with Gasteiger partial charge in [0.2, 0.25) is 0 Å². The van der Waals surface area contributed by atoms with Gasteiger partial charge in [-0.3, -0.25) is 0 Å². The number of hydrogen-bond donors (Lipinski definition) is 4. The van der Waals surface area contributed by atoms with E-state index >= 15 is 0 Å². The molecule has 5 rings (SSSR count). The maximum absolute atomic E-state index is 11.1. The van der Waals surface area contributed by atoms with E-state index < -0.39 is 23.7 Å². The average Bonchev–Trinajstić information content (AvgIpc) is 2.59. The van der Waals surface area contributed by atoms with Crippen LogP contribution in [0, 0.1) is 34.5 Å². The van der Waals surface area contributed by atoms with Crippen LogP contribution in [0.1, 0.15) is 39.5 Å². The fraction of sp³-hybridized carbons (Fsp3) is 0.900. The minimum absolute atomic E-state index is 0.0328. The maximum Gasteiger partial charge on any atom is 0.0843 e. The molecule has 9 atom stereocenters. The molecule has 3 saturated carbocycles. The van der Waals surface area contributed by atoms with Gasteiger partial charge in [0.1, 0.15) is 0 Å². The van der Waals surface area contributed by atoms with Crippen molar-refractivity contribution in [3.05, 3.63) is 12.2 Å². The van der Waals surface area contributed by atoms with Crippen molar-refractivity contribution in [3.63, 3.8) is 0 Å². The molecule has 0 aromatic heterocycles. The van der Waals surface area contributed by atoms with E-state index in [2.05, 4.69) is 20.4 Å². The third-order valence-electron chi connectivity index (χ3n) is 8.30. The summed E-state index contributed by atoms with van der Waals surface area (Å²) in [6.07, 6.45) is 0.911. The first kappa shape index (κ1) is 17.9. The van der Waals surface area contributed by atoms with Crippen LogP contribution in [0.3, 0.4) is 0 Å². The highest BCUT2D eigenvalue weighted by atomic mass is 16.5. The largest absolute Gasteiger partial charge is 0.392 e. The molecule has 4 N–H and O–H groups in total. The van der Waals surface area contributed by atoms with Crippen molar-refractivity contribution >= 4 is 0 Å². The van der Waals surface area contributed by atoms with Gasteiger partial charge in [0, 0.05) is 17.8 Å². The van der Waals surface area contributed by atoms with Gasteiger partial charge in [0.05, 0.1) is 37.6 Å². The summed E-state index contributed by atoms with van der Waals surface area (Å²) >= 11 is 0. The SMILES string of the molecule is C=C(CO)[C@@H]1CC[C@@H]2[C@@H](C1)[C@@H](O)[C@@H](O)[C@@H]1C(C)(C)[C@H]3C[C@@H](O)[C@@]21CO3. The quantitative estimate of drug-likeness (QED) is 0.559. The van der Waals surface area contributed by atoms with Crippen molar-refractivity contribution in [2.45, 2.75) is 63.9 Å². The molecule has 0 aromatic rings. The highest BCUT2D eigenvalue weighted by Gasteiger charge is 2.71. The molecule has 5 aliphatic rings. The lowest BCUT2D eigenvalue weighted by Gasteiger charge is -2.70. The van der Waals surface area contributed by atoms with Gasteiger partial charge in [-0.1, -0.05) is 20.4 Å². The molecule has 1 spiro atoms. The van der Waals surface area contributed by atoms with Crippen molar-refractivity contribution in [3.8, 4) is 0 Å². The molecule has 142 valence electrons. The normalized spacial score (nSPS) is 53.8. The Labute approximate surface area is 149 Å². The number of ether oxygens (including phenoxy) is 1. The van der Waals surface area contributed by atoms with Crippen molar-refractivity contribution in [1.29, 1.82) is 0 Å². The number of aliphatic hydroxyl groups excluding tert-OH is 4. The van der Waals surface area contributed by atoms with E-state index in [1.54, 1.807) is 0 Å². The first-order chi connectivity index (χ1) is 11.7. The predicted molar refractivity (Wildman–Crippen MR) is 92.6 cm³/mol. The van der Waals surface area contributed by atoms with E-state index in [9.17, 15) is 20.4 Å². The van der Waals surface area contributed by atoms with Gasteiger partial charge in [-0.2, -0.15) is 0 Å². The van der Waals surface area contributed by atoms with Crippen LogP contribution in [0.15, 0.2) is 12.2 Å². The van der Waals surface area contributed by atoms with Crippen LogP contribution in [0.25, 0.3) is 0 Å². The van der Waals surface area contributed by atoms with Crippen LogP contribution in [0.2, 0.25) is 0 Å². The molecule has 0 amide bonds. The molecule has 5 fully saturated rings. The van der Waals surface area contributed by atoms with E-state index in [0.29, 0.717) is 19.4 Å². The standard InChI is InChI=1S/C20H32O5/c1-10(8-21)11-4-5-13-12(6-11)16(23)17(24)18-19(2,3)15-7-14(22)20(13,18)9-25-15/h11-18,21-24H,1,4-9H2,2-3H3/t11-,12-,13-,14-,15-,16-,17-,18-,20-/m1/s1. The molecule has 3 aliphatic carbocycles. The second-order valence-electron chi connectivity index (χ2n) is 9.54. The smallest absolute Gasteiger partial charge is 0.0843 e. The Balaban J connectivity index is 1.74. The lowest BCUT2D eigenvalue weighted by Crippen LogP contribution is -2.76. The Kier molecular flexibility index (Phi) is 4.14. The fourth-order valence-electron chi connectivity index (χ4n) is 7.08. The van der Waals surface area contributed by atoms with Crippen LogP contribution in [0.5, 0.6) is 0 Å². The summed E-state index contributed by atoms with van der Waals surface area (Å²) in [4.78, 5) is 0. The zero-order valence-electron chi connectivity index (χ0n) is 15.3. The number of fused-ring (bicyclic) bond motifs is 3. The first-order valence-electron chi connectivity index (χ1n) is 9.69. The molecular formula is C20H32O5. The summed E-state index contributed by atoms with van der Waals surface area (Å²) in [5, 5.41) is 42.5. The lowest BCUT2D eigenvalue weighted by molar-refractivity contribution is -0.341. The maximum atomic E-state index is 11.1. The molecule has 5 nitrogen and oxygen atoms in total. The minimum atomic E-state index is -0.848. The Morgan fingerprint density at radius 1 is 1.12 bits per heavy atom. The molecule has 5 heteroatoms. The van der Waals surface area contributed by atoms with Gasteiger partial charge in [0.25, 0.3) is 0 Å². The van der Waals surface area contributed by atoms with Gasteiger partial charge >= 0.3 is 0 Å². The van der Waals surface area contributed by atoms with E-state index in [-0.39, 0.29) is 41.8 Å². The molecule has 2 bridgehead atoms. The van der Waals surface area contributed by atoms with E-state index in [0.717, 1.165) is 18.4 Å². The van der Waals surface area contributed by atoms with Crippen molar-refractivity contribution in [2.24, 2.45) is 34.5 Å². The Hall–Kier alpha value is -0.460. The van der Waals surface area contributed by atoms with Crippen molar-refractivity contribution < 1.29 is 25.2 Å². The first-order valence-corrected chi connectivity index (χ1v) is 9.69.